The van der Waals surface area contributed by atoms with E-state index in [0.717, 1.165) is 0 Å². The first-order chi connectivity index (χ1) is 12.0. The summed E-state index contributed by atoms with van der Waals surface area (Å²) in [6, 6.07) is 6.64. The average Bonchev–Trinajstić information content (AvgIpc) is 2.93. The third-order valence-corrected chi connectivity index (χ3v) is 5.69. The van der Waals surface area contributed by atoms with Crippen molar-refractivity contribution in [1.29, 1.82) is 0 Å². The molecule has 25 heavy (non-hydrogen) atoms. The molecular formula is C18H22FN3O3. The first-order valence-electron chi connectivity index (χ1n) is 8.72. The zero-order valence-electron chi connectivity index (χ0n) is 14.0. The highest BCUT2D eigenvalue weighted by atomic mass is 19.1. The number of amides is 2. The van der Waals surface area contributed by atoms with Gasteiger partial charge in [-0.2, -0.15) is 0 Å². The van der Waals surface area contributed by atoms with Crippen molar-refractivity contribution in [2.45, 2.75) is 24.9 Å². The van der Waals surface area contributed by atoms with E-state index in [2.05, 4.69) is 10.6 Å². The fourth-order valence-electron chi connectivity index (χ4n) is 4.02. The second kappa shape index (κ2) is 5.98. The predicted octanol–water partition coefficient (Wildman–Crippen LogP) is 1.06. The summed E-state index contributed by atoms with van der Waals surface area (Å²) < 4.78 is 19.4. The van der Waals surface area contributed by atoms with Gasteiger partial charge in [-0.3, -0.25) is 4.79 Å². The normalized spacial score (nSPS) is 23.7. The lowest BCUT2D eigenvalue weighted by molar-refractivity contribution is -0.148. The molecule has 3 fully saturated rings. The molecule has 0 bridgehead atoms. The monoisotopic (exact) mass is 347 g/mol. The Morgan fingerprint density at radius 2 is 1.92 bits per heavy atom. The van der Waals surface area contributed by atoms with Gasteiger partial charge in [-0.25, -0.2) is 9.18 Å². The Hall–Kier alpha value is -2.15. The number of carbonyl (C=O) groups excluding carboxylic acids is 2. The van der Waals surface area contributed by atoms with Crippen LogP contribution in [0.2, 0.25) is 0 Å². The van der Waals surface area contributed by atoms with Crippen molar-refractivity contribution in [3.63, 3.8) is 0 Å². The molecule has 1 aromatic rings. The van der Waals surface area contributed by atoms with E-state index in [9.17, 15) is 14.0 Å². The molecule has 3 aliphatic rings. The zero-order valence-corrected chi connectivity index (χ0v) is 14.0. The minimum absolute atomic E-state index is 0.0710. The van der Waals surface area contributed by atoms with E-state index in [1.54, 1.807) is 18.2 Å². The summed E-state index contributed by atoms with van der Waals surface area (Å²) in [5.41, 5.74) is -0.457. The van der Waals surface area contributed by atoms with Gasteiger partial charge in [-0.05, 0) is 18.1 Å². The lowest BCUT2D eigenvalue weighted by Gasteiger charge is -2.46. The Morgan fingerprint density at radius 3 is 2.48 bits per heavy atom. The number of hydrogen-bond donors (Lipinski definition) is 2. The number of nitrogens with zero attached hydrogens (tertiary/aromatic N) is 1. The molecule has 1 spiro atoms. The number of halogens is 1. The van der Waals surface area contributed by atoms with E-state index in [4.69, 9.17) is 4.74 Å². The molecular weight excluding hydrogens is 325 g/mol. The maximum atomic E-state index is 14.0. The molecule has 3 heterocycles. The average molecular weight is 347 g/mol. The van der Waals surface area contributed by atoms with Crippen LogP contribution < -0.4 is 10.6 Å². The fourth-order valence-corrected chi connectivity index (χ4v) is 4.02. The highest BCUT2D eigenvalue weighted by Gasteiger charge is 2.50. The highest BCUT2D eigenvalue weighted by Crippen LogP contribution is 2.35. The Morgan fingerprint density at radius 1 is 1.20 bits per heavy atom. The van der Waals surface area contributed by atoms with Crippen LogP contribution in [0.5, 0.6) is 0 Å². The number of rotatable bonds is 3. The summed E-state index contributed by atoms with van der Waals surface area (Å²) in [4.78, 5) is 26.3. The van der Waals surface area contributed by atoms with Crippen LogP contribution in [0.3, 0.4) is 0 Å². The molecule has 2 N–H and O–H groups in total. The van der Waals surface area contributed by atoms with Crippen molar-refractivity contribution >= 4 is 12.0 Å². The number of hydrogen-bond acceptors (Lipinski definition) is 4. The zero-order chi connectivity index (χ0) is 17.5. The Labute approximate surface area is 145 Å². The molecule has 0 unspecified atom stereocenters. The molecule has 134 valence electrons. The molecule has 0 saturated carbocycles. The fraction of sp³-hybridized carbons (Fsp3) is 0.556. The molecule has 7 heteroatoms. The first kappa shape index (κ1) is 16.3. The summed E-state index contributed by atoms with van der Waals surface area (Å²) >= 11 is 0. The molecule has 1 aromatic carbocycles. The van der Waals surface area contributed by atoms with Crippen molar-refractivity contribution in [3.8, 4) is 0 Å². The van der Waals surface area contributed by atoms with Crippen LogP contribution in [0.1, 0.15) is 18.4 Å². The second-order valence-electron chi connectivity index (χ2n) is 7.37. The number of ether oxygens (including phenoxy) is 1. The van der Waals surface area contributed by atoms with Gasteiger partial charge in [0, 0.05) is 39.0 Å². The number of piperidine rings is 1. The molecule has 2 amide bonds. The van der Waals surface area contributed by atoms with Crippen LogP contribution in [-0.2, 0) is 16.0 Å². The largest absolute Gasteiger partial charge is 0.441 e. The maximum Gasteiger partial charge on any atom is 0.407 e. The van der Waals surface area contributed by atoms with Gasteiger partial charge in [0.05, 0.1) is 12.0 Å². The van der Waals surface area contributed by atoms with Gasteiger partial charge >= 0.3 is 6.09 Å². The maximum absolute atomic E-state index is 14.0. The molecule has 3 aliphatic heterocycles. The summed E-state index contributed by atoms with van der Waals surface area (Å²) in [7, 11) is 0. The van der Waals surface area contributed by atoms with Gasteiger partial charge in [-0.15, -0.1) is 0 Å². The van der Waals surface area contributed by atoms with Gasteiger partial charge in [-0.1, -0.05) is 18.2 Å². The number of nitrogens with one attached hydrogen (secondary N) is 2. The topological polar surface area (TPSA) is 70.7 Å². The van der Waals surface area contributed by atoms with Crippen molar-refractivity contribution in [3.05, 3.63) is 35.6 Å². The number of likely N-dealkylation sites (tertiary alicyclic amines) is 1. The van der Waals surface area contributed by atoms with Crippen molar-refractivity contribution in [2.24, 2.45) is 5.41 Å². The molecule has 6 nitrogen and oxygen atoms in total. The van der Waals surface area contributed by atoms with E-state index in [0.29, 0.717) is 57.5 Å². The smallest absolute Gasteiger partial charge is 0.407 e. The van der Waals surface area contributed by atoms with E-state index in [1.807, 2.05) is 4.90 Å². The van der Waals surface area contributed by atoms with Crippen molar-refractivity contribution in [2.75, 3.05) is 32.7 Å². The quantitative estimate of drug-likeness (QED) is 0.858. The molecule has 0 radical (unpaired) electrons. The SMILES string of the molecule is O=C1NCC2(CCN(C(=O)C3(Cc4ccccc4F)CNC3)CC2)O1. The van der Waals surface area contributed by atoms with Gasteiger partial charge in [0.1, 0.15) is 11.4 Å². The molecule has 4 rings (SSSR count). The predicted molar refractivity (Wildman–Crippen MR) is 88.4 cm³/mol. The highest BCUT2D eigenvalue weighted by molar-refractivity contribution is 5.85. The van der Waals surface area contributed by atoms with Crippen LogP contribution in [-0.4, -0.2) is 55.2 Å². The minimum atomic E-state index is -0.572. The number of benzene rings is 1. The standard InChI is InChI=1S/C18H22FN3O3/c19-14-4-2-1-3-13(14)9-17(10-20-11-17)15(23)22-7-5-18(6-8-22)12-21-16(24)25-18/h1-4,20H,5-12H2,(H,21,24). The Balaban J connectivity index is 1.44. The van der Waals surface area contributed by atoms with Crippen LogP contribution in [0.15, 0.2) is 24.3 Å². The van der Waals surface area contributed by atoms with E-state index >= 15 is 0 Å². The van der Waals surface area contributed by atoms with Crippen LogP contribution >= 0.6 is 0 Å². The molecule has 0 aromatic heterocycles. The van der Waals surface area contributed by atoms with E-state index in [-0.39, 0.29) is 17.8 Å². The number of carbonyl (C=O) groups is 2. The molecule has 3 saturated heterocycles. The van der Waals surface area contributed by atoms with Crippen LogP contribution in [0.4, 0.5) is 9.18 Å². The van der Waals surface area contributed by atoms with Gasteiger partial charge in [0.15, 0.2) is 0 Å². The van der Waals surface area contributed by atoms with Crippen molar-refractivity contribution in [1.82, 2.24) is 15.5 Å². The molecule has 0 atom stereocenters. The summed E-state index contributed by atoms with van der Waals surface area (Å²) in [6.07, 6.45) is 1.31. The summed E-state index contributed by atoms with van der Waals surface area (Å²) in [6.45, 7) is 2.77. The third-order valence-electron chi connectivity index (χ3n) is 5.69. The Kier molecular flexibility index (Phi) is 3.91. The lowest BCUT2D eigenvalue weighted by Crippen LogP contribution is -2.64. The van der Waals surface area contributed by atoms with Gasteiger partial charge < -0.3 is 20.3 Å². The van der Waals surface area contributed by atoms with E-state index < -0.39 is 11.0 Å². The van der Waals surface area contributed by atoms with Crippen molar-refractivity contribution < 1.29 is 18.7 Å². The number of alkyl carbamates (subject to hydrolysis) is 1. The van der Waals surface area contributed by atoms with E-state index in [1.165, 1.54) is 6.07 Å². The summed E-state index contributed by atoms with van der Waals surface area (Å²) in [5.74, 6) is -0.190. The molecule has 0 aliphatic carbocycles. The van der Waals surface area contributed by atoms with Crippen LogP contribution in [0.25, 0.3) is 0 Å². The van der Waals surface area contributed by atoms with Gasteiger partial charge in [0.25, 0.3) is 0 Å². The van der Waals surface area contributed by atoms with Gasteiger partial charge in [0.2, 0.25) is 5.91 Å². The van der Waals surface area contributed by atoms with Crippen LogP contribution in [0, 0.1) is 11.2 Å². The lowest BCUT2D eigenvalue weighted by atomic mass is 9.74. The Bertz CT molecular complexity index is 697. The first-order valence-corrected chi connectivity index (χ1v) is 8.72. The third kappa shape index (κ3) is 2.86. The summed E-state index contributed by atoms with van der Waals surface area (Å²) in [5, 5.41) is 5.87. The minimum Gasteiger partial charge on any atom is -0.441 e. The second-order valence-corrected chi connectivity index (χ2v) is 7.37.